The minimum atomic E-state index is 0.459. The summed E-state index contributed by atoms with van der Waals surface area (Å²) in [5.41, 5.74) is 0.938. The third-order valence-corrected chi connectivity index (χ3v) is 1.75. The monoisotopic (exact) mass is 205 g/mol. The van der Waals surface area contributed by atoms with Crippen LogP contribution in [0.2, 0.25) is 0 Å². The number of nitrogens with one attached hydrogen (secondary N) is 2. The van der Waals surface area contributed by atoms with Crippen molar-refractivity contribution < 1.29 is 4.74 Å². The Hall–Kier alpha value is -2.11. The maximum Gasteiger partial charge on any atom is 0.240 e. The number of hydrogen-bond acceptors (Lipinski definition) is 5. The van der Waals surface area contributed by atoms with Crippen molar-refractivity contribution in [3.05, 3.63) is 24.0 Å². The summed E-state index contributed by atoms with van der Waals surface area (Å²) in [6, 6.07) is 3.46. The van der Waals surface area contributed by atoms with E-state index in [1.165, 1.54) is 0 Å². The second-order valence-electron chi connectivity index (χ2n) is 2.96. The number of hydrogen-bond donors (Lipinski definition) is 2. The van der Waals surface area contributed by atoms with Crippen LogP contribution in [0.4, 0.5) is 5.95 Å². The van der Waals surface area contributed by atoms with Gasteiger partial charge in [-0.1, -0.05) is 0 Å². The summed E-state index contributed by atoms with van der Waals surface area (Å²) in [7, 11) is 1.75. The first-order valence-corrected chi connectivity index (χ1v) is 4.48. The van der Waals surface area contributed by atoms with Crippen LogP contribution >= 0.6 is 0 Å². The number of nitrogens with zero attached hydrogens (tertiary/aromatic N) is 3. The molecule has 0 radical (unpaired) electrons. The van der Waals surface area contributed by atoms with E-state index in [-0.39, 0.29) is 0 Å². The first-order chi connectivity index (χ1) is 7.28. The zero-order chi connectivity index (χ0) is 10.7. The van der Waals surface area contributed by atoms with Crippen LogP contribution in [0.15, 0.2) is 18.3 Å². The molecule has 6 heteroatoms. The minimum Gasteiger partial charge on any atom is -0.419 e. The molecule has 2 rings (SSSR count). The molecular weight excluding hydrogens is 194 g/mol. The lowest BCUT2D eigenvalue weighted by molar-refractivity contribution is 0.443. The molecule has 0 saturated carbocycles. The number of aromatic nitrogens is 4. The third-order valence-electron chi connectivity index (χ3n) is 1.75. The topological polar surface area (TPSA) is 75.7 Å². The Bertz CT molecular complexity index is 453. The van der Waals surface area contributed by atoms with Crippen molar-refractivity contribution in [2.24, 2.45) is 0 Å². The molecule has 0 aliphatic carbocycles. The van der Waals surface area contributed by atoms with Crippen molar-refractivity contribution in [2.45, 2.75) is 6.92 Å². The molecule has 2 aromatic heterocycles. The van der Waals surface area contributed by atoms with E-state index in [4.69, 9.17) is 4.74 Å². The maximum atomic E-state index is 5.41. The van der Waals surface area contributed by atoms with E-state index in [0.717, 1.165) is 5.69 Å². The summed E-state index contributed by atoms with van der Waals surface area (Å²) in [5.74, 6) is 1.47. The Labute approximate surface area is 86.7 Å². The third kappa shape index (κ3) is 2.22. The molecule has 0 saturated heterocycles. The normalized spacial score (nSPS) is 10.0. The fourth-order valence-electron chi connectivity index (χ4n) is 1.07. The smallest absolute Gasteiger partial charge is 0.240 e. The van der Waals surface area contributed by atoms with E-state index < -0.39 is 0 Å². The molecule has 0 unspecified atom stereocenters. The van der Waals surface area contributed by atoms with Crippen molar-refractivity contribution >= 4 is 5.95 Å². The lowest BCUT2D eigenvalue weighted by atomic mass is 10.5. The molecule has 2 aromatic rings. The van der Waals surface area contributed by atoms with Gasteiger partial charge in [-0.3, -0.25) is 5.10 Å². The number of aromatic amines is 1. The van der Waals surface area contributed by atoms with Crippen molar-refractivity contribution in [1.82, 2.24) is 20.2 Å². The summed E-state index contributed by atoms with van der Waals surface area (Å²) >= 11 is 0. The van der Waals surface area contributed by atoms with E-state index >= 15 is 0 Å². The van der Waals surface area contributed by atoms with Crippen LogP contribution in [0.3, 0.4) is 0 Å². The van der Waals surface area contributed by atoms with Gasteiger partial charge in [-0.25, -0.2) is 4.98 Å². The number of ether oxygens (including phenoxy) is 1. The second-order valence-corrected chi connectivity index (χ2v) is 2.96. The summed E-state index contributed by atoms with van der Waals surface area (Å²) in [5, 5.41) is 9.55. The van der Waals surface area contributed by atoms with Crippen LogP contribution in [0.1, 0.15) is 5.69 Å². The zero-order valence-electron chi connectivity index (χ0n) is 8.48. The molecule has 0 atom stereocenters. The van der Waals surface area contributed by atoms with Crippen LogP contribution in [0.5, 0.6) is 11.8 Å². The van der Waals surface area contributed by atoms with E-state index in [9.17, 15) is 0 Å². The fourth-order valence-corrected chi connectivity index (χ4v) is 1.07. The Kier molecular flexibility index (Phi) is 2.49. The molecule has 0 spiro atoms. The number of rotatable bonds is 3. The number of H-pyrrole nitrogens is 1. The fraction of sp³-hybridized carbons (Fsp3) is 0.222. The summed E-state index contributed by atoms with van der Waals surface area (Å²) in [6.45, 7) is 1.90. The summed E-state index contributed by atoms with van der Waals surface area (Å²) in [6.07, 6.45) is 1.62. The van der Waals surface area contributed by atoms with E-state index in [1.807, 2.05) is 6.92 Å². The zero-order valence-corrected chi connectivity index (χ0v) is 8.48. The first kappa shape index (κ1) is 9.45. The average Bonchev–Trinajstić information content (AvgIpc) is 2.64. The van der Waals surface area contributed by atoms with Gasteiger partial charge in [-0.05, 0) is 6.92 Å². The molecule has 0 fully saturated rings. The summed E-state index contributed by atoms with van der Waals surface area (Å²) < 4.78 is 5.41. The molecule has 0 aromatic carbocycles. The molecule has 0 bridgehead atoms. The van der Waals surface area contributed by atoms with Gasteiger partial charge in [0.05, 0.1) is 0 Å². The van der Waals surface area contributed by atoms with Gasteiger partial charge in [0, 0.05) is 31.1 Å². The van der Waals surface area contributed by atoms with E-state index in [0.29, 0.717) is 17.7 Å². The molecule has 0 aliphatic rings. The quantitative estimate of drug-likeness (QED) is 0.790. The van der Waals surface area contributed by atoms with Crippen molar-refractivity contribution in [3.63, 3.8) is 0 Å². The Morgan fingerprint density at radius 1 is 1.40 bits per heavy atom. The Morgan fingerprint density at radius 2 is 2.27 bits per heavy atom. The van der Waals surface area contributed by atoms with Crippen LogP contribution in [-0.4, -0.2) is 27.2 Å². The maximum absolute atomic E-state index is 5.41. The predicted octanol–water partition coefficient (Wildman–Crippen LogP) is 1.34. The van der Waals surface area contributed by atoms with Crippen LogP contribution in [0, 0.1) is 6.92 Å². The molecule has 78 valence electrons. The molecule has 0 amide bonds. The largest absolute Gasteiger partial charge is 0.419 e. The molecule has 2 heterocycles. The predicted molar refractivity (Wildman–Crippen MR) is 55.0 cm³/mol. The highest BCUT2D eigenvalue weighted by molar-refractivity contribution is 5.28. The van der Waals surface area contributed by atoms with Gasteiger partial charge < -0.3 is 10.1 Å². The van der Waals surface area contributed by atoms with Gasteiger partial charge in [0.15, 0.2) is 0 Å². The van der Waals surface area contributed by atoms with Crippen molar-refractivity contribution in [1.29, 1.82) is 0 Å². The van der Waals surface area contributed by atoms with Gasteiger partial charge in [0.25, 0.3) is 0 Å². The van der Waals surface area contributed by atoms with E-state index in [1.54, 1.807) is 25.4 Å². The summed E-state index contributed by atoms with van der Waals surface area (Å²) in [4.78, 5) is 8.07. The molecular formula is C9H11N5O. The van der Waals surface area contributed by atoms with Gasteiger partial charge in [0.2, 0.25) is 17.7 Å². The Balaban J connectivity index is 2.16. The second kappa shape index (κ2) is 3.95. The standard InChI is InChI=1S/C9H11N5O/c1-6-5-8(14-13-6)15-7-3-4-11-9(10-2)12-7/h3-5H,1-2H3,(H,13,14)(H,10,11,12). The van der Waals surface area contributed by atoms with Gasteiger partial charge in [-0.2, -0.15) is 4.98 Å². The van der Waals surface area contributed by atoms with Gasteiger partial charge >= 0.3 is 0 Å². The average molecular weight is 205 g/mol. The van der Waals surface area contributed by atoms with Crippen LogP contribution in [-0.2, 0) is 0 Å². The van der Waals surface area contributed by atoms with Crippen molar-refractivity contribution in [3.8, 4) is 11.8 Å². The highest BCUT2D eigenvalue weighted by Crippen LogP contribution is 2.17. The van der Waals surface area contributed by atoms with Gasteiger partial charge in [-0.15, -0.1) is 5.10 Å². The minimum absolute atomic E-state index is 0.459. The molecule has 2 N–H and O–H groups in total. The van der Waals surface area contributed by atoms with Crippen molar-refractivity contribution in [2.75, 3.05) is 12.4 Å². The molecule has 6 nitrogen and oxygen atoms in total. The molecule has 0 aliphatic heterocycles. The lowest BCUT2D eigenvalue weighted by Crippen LogP contribution is -1.97. The lowest BCUT2D eigenvalue weighted by Gasteiger charge is -2.01. The highest BCUT2D eigenvalue weighted by atomic mass is 16.5. The number of aryl methyl sites for hydroxylation is 1. The SMILES string of the molecule is CNc1nccc(Oc2cc(C)[nH]n2)n1. The highest BCUT2D eigenvalue weighted by Gasteiger charge is 2.02. The van der Waals surface area contributed by atoms with Crippen LogP contribution in [0.25, 0.3) is 0 Å². The van der Waals surface area contributed by atoms with Crippen LogP contribution < -0.4 is 10.1 Å². The Morgan fingerprint density at radius 3 is 2.93 bits per heavy atom. The number of anilines is 1. The first-order valence-electron chi connectivity index (χ1n) is 4.48. The van der Waals surface area contributed by atoms with E-state index in [2.05, 4.69) is 25.5 Å². The van der Waals surface area contributed by atoms with Gasteiger partial charge in [0.1, 0.15) is 0 Å². The molecule has 15 heavy (non-hydrogen) atoms.